The SMILES string of the molecule is CC(C)(C)OC(=O)NCC1(c2cscn2)CCN(C(=O)OC(C)(C)C)CC1. The van der Waals surface area contributed by atoms with Crippen LogP contribution in [0.2, 0.25) is 0 Å². The molecule has 0 bridgehead atoms. The summed E-state index contributed by atoms with van der Waals surface area (Å²) < 4.78 is 10.8. The topological polar surface area (TPSA) is 80.8 Å². The minimum atomic E-state index is -0.544. The summed E-state index contributed by atoms with van der Waals surface area (Å²) in [5, 5.41) is 4.90. The number of thiazole rings is 1. The van der Waals surface area contributed by atoms with Crippen molar-refractivity contribution in [1.29, 1.82) is 0 Å². The van der Waals surface area contributed by atoms with Crippen LogP contribution in [0.3, 0.4) is 0 Å². The molecule has 152 valence electrons. The van der Waals surface area contributed by atoms with E-state index in [1.807, 2.05) is 46.9 Å². The molecule has 0 atom stereocenters. The lowest BCUT2D eigenvalue weighted by Gasteiger charge is -2.41. The maximum Gasteiger partial charge on any atom is 0.410 e. The zero-order chi connectivity index (χ0) is 20.3. The first-order valence-corrected chi connectivity index (χ1v) is 10.2. The third-order valence-corrected chi connectivity index (χ3v) is 4.90. The number of carbonyl (C=O) groups is 2. The molecule has 0 spiro atoms. The number of alkyl carbamates (subject to hydrolysis) is 1. The van der Waals surface area contributed by atoms with Gasteiger partial charge in [0.15, 0.2) is 0 Å². The molecule has 1 aliphatic rings. The van der Waals surface area contributed by atoms with Crippen LogP contribution in [0.4, 0.5) is 9.59 Å². The minimum absolute atomic E-state index is 0.297. The molecule has 2 rings (SSSR count). The summed E-state index contributed by atoms with van der Waals surface area (Å²) in [5.74, 6) is 0. The van der Waals surface area contributed by atoms with Gasteiger partial charge in [-0.2, -0.15) is 0 Å². The monoisotopic (exact) mass is 397 g/mol. The summed E-state index contributed by atoms with van der Waals surface area (Å²) in [7, 11) is 0. The maximum absolute atomic E-state index is 12.3. The molecule has 0 saturated carbocycles. The second kappa shape index (κ2) is 8.04. The number of nitrogens with one attached hydrogen (secondary N) is 1. The van der Waals surface area contributed by atoms with Crippen LogP contribution in [0.25, 0.3) is 0 Å². The van der Waals surface area contributed by atoms with Crippen molar-refractivity contribution in [3.8, 4) is 0 Å². The predicted octanol–water partition coefficient (Wildman–Crippen LogP) is 3.94. The highest BCUT2D eigenvalue weighted by Gasteiger charge is 2.40. The summed E-state index contributed by atoms with van der Waals surface area (Å²) in [5.41, 5.74) is 1.38. The number of rotatable bonds is 3. The van der Waals surface area contributed by atoms with Crippen molar-refractivity contribution in [3.05, 3.63) is 16.6 Å². The normalized spacial score (nSPS) is 17.3. The maximum atomic E-state index is 12.3. The van der Waals surface area contributed by atoms with Gasteiger partial charge in [-0.05, 0) is 54.4 Å². The number of carbonyl (C=O) groups excluding carboxylic acids is 2. The van der Waals surface area contributed by atoms with Gasteiger partial charge in [-0.3, -0.25) is 0 Å². The van der Waals surface area contributed by atoms with Crippen molar-refractivity contribution in [2.24, 2.45) is 0 Å². The van der Waals surface area contributed by atoms with Crippen LogP contribution in [-0.4, -0.2) is 52.9 Å². The summed E-state index contributed by atoms with van der Waals surface area (Å²) in [6, 6.07) is 0. The number of hydrogen-bond donors (Lipinski definition) is 1. The van der Waals surface area contributed by atoms with Crippen LogP contribution in [0.5, 0.6) is 0 Å². The van der Waals surface area contributed by atoms with Crippen molar-refractivity contribution in [2.45, 2.75) is 71.0 Å². The molecule has 0 unspecified atom stereocenters. The highest BCUT2D eigenvalue weighted by Crippen LogP contribution is 2.35. The van der Waals surface area contributed by atoms with Crippen molar-refractivity contribution in [3.63, 3.8) is 0 Å². The molecule has 0 aromatic carbocycles. The molecular weight excluding hydrogens is 366 g/mol. The molecule has 1 saturated heterocycles. The summed E-state index contributed by atoms with van der Waals surface area (Å²) in [4.78, 5) is 30.7. The van der Waals surface area contributed by atoms with E-state index in [9.17, 15) is 9.59 Å². The molecule has 27 heavy (non-hydrogen) atoms. The Morgan fingerprint density at radius 2 is 1.74 bits per heavy atom. The number of nitrogens with zero attached hydrogens (tertiary/aromatic N) is 2. The molecule has 2 amide bonds. The zero-order valence-electron chi connectivity index (χ0n) is 17.1. The Bertz CT molecular complexity index is 639. The molecule has 7 nitrogen and oxygen atoms in total. The van der Waals surface area contributed by atoms with E-state index in [0.717, 1.165) is 5.69 Å². The van der Waals surface area contributed by atoms with Crippen LogP contribution in [-0.2, 0) is 14.9 Å². The molecule has 1 aromatic heterocycles. The van der Waals surface area contributed by atoms with E-state index >= 15 is 0 Å². The molecule has 1 fully saturated rings. The van der Waals surface area contributed by atoms with Crippen molar-refractivity contribution in [1.82, 2.24) is 15.2 Å². The average molecular weight is 398 g/mol. The first-order valence-electron chi connectivity index (χ1n) is 9.24. The molecule has 8 heteroatoms. The van der Waals surface area contributed by atoms with Gasteiger partial charge in [-0.1, -0.05) is 0 Å². The van der Waals surface area contributed by atoms with Gasteiger partial charge in [0.1, 0.15) is 11.2 Å². The molecule has 0 radical (unpaired) electrons. The lowest BCUT2D eigenvalue weighted by atomic mass is 9.76. The predicted molar refractivity (Wildman–Crippen MR) is 105 cm³/mol. The van der Waals surface area contributed by atoms with Crippen LogP contribution in [0, 0.1) is 0 Å². The van der Waals surface area contributed by atoms with E-state index in [2.05, 4.69) is 10.3 Å². The Hall–Kier alpha value is -1.83. The fraction of sp³-hybridized carbons (Fsp3) is 0.737. The highest BCUT2D eigenvalue weighted by molar-refractivity contribution is 7.07. The Kier molecular flexibility index (Phi) is 6.39. The molecule has 0 aliphatic carbocycles. The van der Waals surface area contributed by atoms with Crippen LogP contribution in [0.15, 0.2) is 10.9 Å². The first kappa shape index (κ1) is 21.5. The number of hydrogen-bond acceptors (Lipinski definition) is 6. The Morgan fingerprint density at radius 1 is 1.15 bits per heavy atom. The number of likely N-dealkylation sites (tertiary alicyclic amines) is 1. The molecule has 1 aliphatic heterocycles. The van der Waals surface area contributed by atoms with Gasteiger partial charge in [0.2, 0.25) is 0 Å². The second-order valence-electron chi connectivity index (χ2n) is 8.98. The lowest BCUT2D eigenvalue weighted by Crippen LogP contribution is -2.51. The number of piperidine rings is 1. The van der Waals surface area contributed by atoms with Crippen LogP contribution in [0.1, 0.15) is 60.1 Å². The standard InChI is InChI=1S/C19H31N3O4S/c1-17(2,3)25-15(23)20-12-19(14-11-27-13-21-14)7-9-22(10-8-19)16(24)26-18(4,5)6/h11,13H,7-10,12H2,1-6H3,(H,20,23). The van der Waals surface area contributed by atoms with Gasteiger partial charge in [-0.15, -0.1) is 11.3 Å². The molecule has 1 N–H and O–H groups in total. The van der Waals surface area contributed by atoms with E-state index in [0.29, 0.717) is 32.5 Å². The van der Waals surface area contributed by atoms with Gasteiger partial charge in [-0.25, -0.2) is 14.6 Å². The van der Waals surface area contributed by atoms with Gasteiger partial charge in [0.25, 0.3) is 0 Å². The summed E-state index contributed by atoms with van der Waals surface area (Å²) in [6.45, 7) is 12.6. The van der Waals surface area contributed by atoms with Crippen LogP contribution < -0.4 is 5.32 Å². The fourth-order valence-electron chi connectivity index (χ4n) is 3.00. The van der Waals surface area contributed by atoms with Gasteiger partial charge < -0.3 is 19.7 Å². The highest BCUT2D eigenvalue weighted by atomic mass is 32.1. The largest absolute Gasteiger partial charge is 0.444 e. The first-order chi connectivity index (χ1) is 12.4. The summed E-state index contributed by atoms with van der Waals surface area (Å²) in [6.07, 6.45) is 0.665. The van der Waals surface area contributed by atoms with E-state index < -0.39 is 17.3 Å². The van der Waals surface area contributed by atoms with Crippen LogP contribution >= 0.6 is 11.3 Å². The minimum Gasteiger partial charge on any atom is -0.444 e. The third-order valence-electron chi connectivity index (χ3n) is 4.32. The van der Waals surface area contributed by atoms with Crippen molar-refractivity contribution >= 4 is 23.5 Å². The van der Waals surface area contributed by atoms with E-state index in [-0.39, 0.29) is 11.5 Å². The Labute approximate surface area is 165 Å². The Balaban J connectivity index is 2.03. The number of amides is 2. The van der Waals surface area contributed by atoms with E-state index in [4.69, 9.17) is 9.47 Å². The third kappa shape index (κ3) is 6.37. The quantitative estimate of drug-likeness (QED) is 0.836. The number of ether oxygens (including phenoxy) is 2. The van der Waals surface area contributed by atoms with E-state index in [1.165, 1.54) is 11.3 Å². The molecule has 2 heterocycles. The van der Waals surface area contributed by atoms with E-state index in [1.54, 1.807) is 10.4 Å². The zero-order valence-corrected chi connectivity index (χ0v) is 17.9. The van der Waals surface area contributed by atoms with Gasteiger partial charge in [0, 0.05) is 30.4 Å². The fourth-order valence-corrected chi connectivity index (χ4v) is 3.67. The van der Waals surface area contributed by atoms with Crippen molar-refractivity contribution < 1.29 is 19.1 Å². The average Bonchev–Trinajstić information content (AvgIpc) is 3.05. The molecule has 1 aromatic rings. The smallest absolute Gasteiger partial charge is 0.410 e. The van der Waals surface area contributed by atoms with Gasteiger partial charge >= 0.3 is 12.2 Å². The second-order valence-corrected chi connectivity index (χ2v) is 9.70. The lowest BCUT2D eigenvalue weighted by molar-refractivity contribution is 0.0152. The summed E-state index contributed by atoms with van der Waals surface area (Å²) >= 11 is 1.53. The number of aromatic nitrogens is 1. The van der Waals surface area contributed by atoms with Crippen molar-refractivity contribution in [2.75, 3.05) is 19.6 Å². The van der Waals surface area contributed by atoms with Gasteiger partial charge in [0.05, 0.1) is 11.2 Å². The Morgan fingerprint density at radius 3 is 2.22 bits per heavy atom. The molecular formula is C19H31N3O4S.